The lowest BCUT2D eigenvalue weighted by molar-refractivity contribution is -0.162. The number of hydrogen-bond acceptors (Lipinski definition) is 4. The van der Waals surface area contributed by atoms with Gasteiger partial charge in [0.2, 0.25) is 6.79 Å². The van der Waals surface area contributed by atoms with Gasteiger partial charge in [-0.1, -0.05) is 37.1 Å². The summed E-state index contributed by atoms with van der Waals surface area (Å²) in [4.78, 5) is 12.0. The average molecular weight is 377 g/mol. The molecule has 0 aliphatic heterocycles. The number of aliphatic hydroxyl groups excluding tert-OH is 1. The van der Waals surface area contributed by atoms with Crippen LogP contribution in [0.2, 0.25) is 0 Å². The summed E-state index contributed by atoms with van der Waals surface area (Å²) in [5.74, 6) is 0.520. The van der Waals surface area contributed by atoms with E-state index in [9.17, 15) is 9.90 Å². The van der Waals surface area contributed by atoms with E-state index >= 15 is 0 Å². The zero-order valence-electron chi connectivity index (χ0n) is 17.9. The number of rotatable bonds is 8. The molecule has 1 aliphatic rings. The quantitative estimate of drug-likeness (QED) is 0.176. The summed E-state index contributed by atoms with van der Waals surface area (Å²) in [6.45, 7) is 15.2. The summed E-state index contributed by atoms with van der Waals surface area (Å²) in [6, 6.07) is 0. The Morgan fingerprint density at radius 1 is 1.37 bits per heavy atom. The monoisotopic (exact) mass is 376 g/mol. The van der Waals surface area contributed by atoms with Crippen LogP contribution in [0, 0.1) is 11.3 Å². The molecular formula is C23H36O4. The van der Waals surface area contributed by atoms with Gasteiger partial charge >= 0.3 is 5.97 Å². The lowest BCUT2D eigenvalue weighted by Gasteiger charge is -2.25. The van der Waals surface area contributed by atoms with Gasteiger partial charge in [-0.25, -0.2) is 0 Å². The Kier molecular flexibility index (Phi) is 8.87. The first kappa shape index (κ1) is 23.1. The molecule has 0 saturated carbocycles. The van der Waals surface area contributed by atoms with Gasteiger partial charge < -0.3 is 14.6 Å². The Labute approximate surface area is 164 Å². The summed E-state index contributed by atoms with van der Waals surface area (Å²) < 4.78 is 11.1. The van der Waals surface area contributed by atoms with Crippen LogP contribution in [0.3, 0.4) is 0 Å². The standard InChI is InChI=1S/C23H36O4/c1-8-10-16(2)14-20(26-15-27-22(25)23(5,6)7)21(18(4)24)19-12-9-11-17(3)13-19/h13-14,19,24H,2,8-12,15H2,1,3-7H3/b20-14+,21-18+. The average Bonchev–Trinajstić information content (AvgIpc) is 2.53. The van der Waals surface area contributed by atoms with Gasteiger partial charge in [-0.2, -0.15) is 0 Å². The Hall–Kier alpha value is -1.97. The van der Waals surface area contributed by atoms with Crippen molar-refractivity contribution in [1.29, 1.82) is 0 Å². The maximum absolute atomic E-state index is 12.0. The smallest absolute Gasteiger partial charge is 0.314 e. The van der Waals surface area contributed by atoms with Crippen molar-refractivity contribution in [3.63, 3.8) is 0 Å². The zero-order valence-corrected chi connectivity index (χ0v) is 17.9. The predicted molar refractivity (Wildman–Crippen MR) is 110 cm³/mol. The van der Waals surface area contributed by atoms with Crippen LogP contribution in [0.15, 0.2) is 47.0 Å². The molecule has 1 N–H and O–H groups in total. The van der Waals surface area contributed by atoms with Crippen LogP contribution in [-0.4, -0.2) is 17.9 Å². The molecule has 1 aliphatic carbocycles. The van der Waals surface area contributed by atoms with Crippen molar-refractivity contribution in [3.05, 3.63) is 47.0 Å². The van der Waals surface area contributed by atoms with Crippen molar-refractivity contribution in [3.8, 4) is 0 Å². The third kappa shape index (κ3) is 7.66. The topological polar surface area (TPSA) is 55.8 Å². The van der Waals surface area contributed by atoms with Crippen LogP contribution < -0.4 is 0 Å². The number of allylic oxidation sites excluding steroid dienone is 6. The highest BCUT2D eigenvalue weighted by atomic mass is 16.7. The van der Waals surface area contributed by atoms with Gasteiger partial charge in [0.25, 0.3) is 0 Å². The fourth-order valence-electron chi connectivity index (χ4n) is 3.11. The number of esters is 1. The molecule has 0 aromatic heterocycles. The van der Waals surface area contributed by atoms with Crippen molar-refractivity contribution in [2.45, 2.75) is 73.6 Å². The highest BCUT2D eigenvalue weighted by Gasteiger charge is 2.25. The van der Waals surface area contributed by atoms with Crippen LogP contribution in [0.25, 0.3) is 0 Å². The largest absolute Gasteiger partial charge is 0.512 e. The lowest BCUT2D eigenvalue weighted by atomic mass is 9.84. The maximum Gasteiger partial charge on any atom is 0.314 e. The van der Waals surface area contributed by atoms with E-state index in [-0.39, 0.29) is 24.4 Å². The Morgan fingerprint density at radius 2 is 2.04 bits per heavy atom. The molecule has 0 radical (unpaired) electrons. The molecule has 27 heavy (non-hydrogen) atoms. The number of hydrogen-bond donors (Lipinski definition) is 1. The van der Waals surface area contributed by atoms with E-state index in [4.69, 9.17) is 9.47 Å². The number of aliphatic hydroxyl groups is 1. The van der Waals surface area contributed by atoms with Crippen molar-refractivity contribution in [2.75, 3.05) is 6.79 Å². The molecule has 0 fully saturated rings. The molecule has 4 nitrogen and oxygen atoms in total. The fourth-order valence-corrected chi connectivity index (χ4v) is 3.11. The van der Waals surface area contributed by atoms with Gasteiger partial charge in [-0.05, 0) is 66.4 Å². The Balaban J connectivity index is 3.08. The van der Waals surface area contributed by atoms with Crippen LogP contribution in [-0.2, 0) is 14.3 Å². The minimum Gasteiger partial charge on any atom is -0.512 e. The molecule has 0 saturated heterocycles. The molecule has 1 unspecified atom stereocenters. The van der Waals surface area contributed by atoms with Crippen LogP contribution in [0.4, 0.5) is 0 Å². The molecule has 0 spiro atoms. The van der Waals surface area contributed by atoms with Gasteiger partial charge in [0, 0.05) is 11.5 Å². The zero-order chi connectivity index (χ0) is 20.6. The summed E-state index contributed by atoms with van der Waals surface area (Å²) in [6.07, 6.45) is 8.98. The minimum atomic E-state index is -0.589. The van der Waals surface area contributed by atoms with Gasteiger partial charge in [-0.15, -0.1) is 0 Å². The van der Waals surface area contributed by atoms with E-state index in [1.165, 1.54) is 5.57 Å². The third-order valence-electron chi connectivity index (χ3n) is 4.52. The second-order valence-corrected chi connectivity index (χ2v) is 8.37. The van der Waals surface area contributed by atoms with E-state index in [1.54, 1.807) is 27.7 Å². The van der Waals surface area contributed by atoms with Crippen molar-refractivity contribution in [2.24, 2.45) is 11.3 Å². The number of carbonyl (C=O) groups is 1. The van der Waals surface area contributed by atoms with Gasteiger partial charge in [0.1, 0.15) is 5.76 Å². The molecule has 0 aromatic rings. The molecule has 0 heterocycles. The van der Waals surface area contributed by atoms with Crippen LogP contribution >= 0.6 is 0 Å². The van der Waals surface area contributed by atoms with Gasteiger partial charge in [0.05, 0.1) is 11.2 Å². The SMILES string of the molecule is C=C(/C=C(OCOC(=O)C(C)(C)C)\C(=C(/C)O)C1C=C(C)CCC1)CCC. The maximum atomic E-state index is 12.0. The van der Waals surface area contributed by atoms with E-state index < -0.39 is 5.41 Å². The second kappa shape index (κ2) is 10.4. The normalized spacial score (nSPS) is 19.1. The molecular weight excluding hydrogens is 340 g/mol. The van der Waals surface area contributed by atoms with Gasteiger partial charge in [0.15, 0.2) is 0 Å². The van der Waals surface area contributed by atoms with E-state index in [1.807, 2.05) is 6.08 Å². The minimum absolute atomic E-state index is 0.0859. The van der Waals surface area contributed by atoms with Crippen LogP contribution in [0.5, 0.6) is 0 Å². The summed E-state index contributed by atoms with van der Waals surface area (Å²) in [5, 5.41) is 10.4. The van der Waals surface area contributed by atoms with E-state index in [2.05, 4.69) is 26.5 Å². The molecule has 1 rings (SSSR count). The molecule has 0 amide bonds. The molecule has 152 valence electrons. The molecule has 0 bridgehead atoms. The van der Waals surface area contributed by atoms with E-state index in [0.29, 0.717) is 5.76 Å². The summed E-state index contributed by atoms with van der Waals surface area (Å²) in [7, 11) is 0. The first-order chi connectivity index (χ1) is 12.6. The lowest BCUT2D eigenvalue weighted by Crippen LogP contribution is -2.24. The summed E-state index contributed by atoms with van der Waals surface area (Å²) in [5.41, 5.74) is 2.40. The predicted octanol–water partition coefficient (Wildman–Crippen LogP) is 6.37. The number of carbonyl (C=O) groups excluding carboxylic acids is 1. The highest BCUT2D eigenvalue weighted by molar-refractivity contribution is 5.75. The van der Waals surface area contributed by atoms with Crippen LogP contribution in [0.1, 0.15) is 73.6 Å². The highest BCUT2D eigenvalue weighted by Crippen LogP contribution is 2.34. The first-order valence-electron chi connectivity index (χ1n) is 9.83. The Bertz CT molecular complexity index is 625. The van der Waals surface area contributed by atoms with E-state index in [0.717, 1.165) is 43.3 Å². The summed E-state index contributed by atoms with van der Waals surface area (Å²) >= 11 is 0. The van der Waals surface area contributed by atoms with Crippen molar-refractivity contribution < 1.29 is 19.4 Å². The molecule has 4 heteroatoms. The first-order valence-corrected chi connectivity index (χ1v) is 9.83. The molecule has 1 atom stereocenters. The van der Waals surface area contributed by atoms with Gasteiger partial charge in [-0.3, -0.25) is 4.79 Å². The Morgan fingerprint density at radius 3 is 2.56 bits per heavy atom. The fraction of sp³-hybridized carbons (Fsp3) is 0.609. The second-order valence-electron chi connectivity index (χ2n) is 8.37. The number of ether oxygens (including phenoxy) is 2. The third-order valence-corrected chi connectivity index (χ3v) is 4.52. The molecule has 0 aromatic carbocycles. The van der Waals surface area contributed by atoms with Crippen molar-refractivity contribution >= 4 is 5.97 Å². The van der Waals surface area contributed by atoms with Crippen molar-refractivity contribution in [1.82, 2.24) is 0 Å².